The second-order valence-corrected chi connectivity index (χ2v) is 6.07. The van der Waals surface area contributed by atoms with Crippen LogP contribution < -0.4 is 0 Å². The highest BCUT2D eigenvalue weighted by atomic mass is 16.4. The van der Waals surface area contributed by atoms with Crippen molar-refractivity contribution in [1.82, 2.24) is 0 Å². The number of rotatable bonds is 15. The van der Waals surface area contributed by atoms with Gasteiger partial charge in [-0.2, -0.15) is 0 Å². The Bertz CT molecular complexity index is 486. The summed E-state index contributed by atoms with van der Waals surface area (Å²) in [5, 5.41) is 28.0. The standard InChI is InChI=1S/C22H34O4/c1-2-3-14-17-20(23)21(24)18-15-12-10-8-6-4-5-7-9-11-13-16-19-22(25)26/h3,5-8,10,12,14-15,18,20-21,23-24H,2,4,9,11,13,16-17,19H2,1H3,(H,25,26). The molecule has 0 rings (SSSR count). The van der Waals surface area contributed by atoms with Gasteiger partial charge in [0.15, 0.2) is 0 Å². The van der Waals surface area contributed by atoms with Crippen LogP contribution in [-0.4, -0.2) is 33.5 Å². The van der Waals surface area contributed by atoms with E-state index in [-0.39, 0.29) is 6.42 Å². The van der Waals surface area contributed by atoms with Gasteiger partial charge in [0.2, 0.25) is 0 Å². The number of carboxylic acid groups (broad SMARTS) is 1. The van der Waals surface area contributed by atoms with E-state index < -0.39 is 18.2 Å². The van der Waals surface area contributed by atoms with Crippen LogP contribution in [0.4, 0.5) is 0 Å². The molecule has 0 amide bonds. The molecule has 0 aromatic heterocycles. The smallest absolute Gasteiger partial charge is 0.303 e. The van der Waals surface area contributed by atoms with E-state index in [0.717, 1.165) is 38.5 Å². The van der Waals surface area contributed by atoms with E-state index in [4.69, 9.17) is 5.11 Å². The van der Waals surface area contributed by atoms with Gasteiger partial charge in [0.1, 0.15) is 0 Å². The fourth-order valence-electron chi connectivity index (χ4n) is 2.14. The fraction of sp³-hybridized carbons (Fsp3) is 0.500. The normalized spacial score (nSPS) is 15.2. The molecule has 0 aromatic rings. The molecule has 0 radical (unpaired) electrons. The van der Waals surface area contributed by atoms with Crippen molar-refractivity contribution in [2.24, 2.45) is 0 Å². The maximum Gasteiger partial charge on any atom is 0.303 e. The molecule has 0 fully saturated rings. The second kappa shape index (κ2) is 17.9. The summed E-state index contributed by atoms with van der Waals surface area (Å²) in [4.78, 5) is 10.4. The van der Waals surface area contributed by atoms with Gasteiger partial charge in [-0.1, -0.05) is 74.1 Å². The molecule has 0 spiro atoms. The summed E-state index contributed by atoms with van der Waals surface area (Å²) in [6, 6.07) is 0. The number of aliphatic carboxylic acids is 1. The van der Waals surface area contributed by atoms with Crippen LogP contribution in [0.15, 0.2) is 60.8 Å². The fourth-order valence-corrected chi connectivity index (χ4v) is 2.14. The largest absolute Gasteiger partial charge is 0.481 e. The van der Waals surface area contributed by atoms with Crippen LogP contribution in [0.3, 0.4) is 0 Å². The summed E-state index contributed by atoms with van der Waals surface area (Å²) in [5.41, 5.74) is 0. The third-order valence-electron chi connectivity index (χ3n) is 3.65. The number of aliphatic hydroxyl groups is 2. The molecule has 0 aliphatic heterocycles. The number of hydrogen-bond donors (Lipinski definition) is 3. The predicted octanol–water partition coefficient (Wildman–Crippen LogP) is 4.71. The summed E-state index contributed by atoms with van der Waals surface area (Å²) in [7, 11) is 0. The summed E-state index contributed by atoms with van der Waals surface area (Å²) >= 11 is 0. The van der Waals surface area contributed by atoms with Gasteiger partial charge in [-0.05, 0) is 38.5 Å². The minimum atomic E-state index is -0.858. The molecule has 0 heterocycles. The predicted molar refractivity (Wildman–Crippen MR) is 108 cm³/mol. The summed E-state index contributed by atoms with van der Waals surface area (Å²) in [5.74, 6) is -0.719. The second-order valence-electron chi connectivity index (χ2n) is 6.07. The van der Waals surface area contributed by atoms with Crippen LogP contribution >= 0.6 is 0 Å². The molecule has 2 unspecified atom stereocenters. The zero-order chi connectivity index (χ0) is 19.5. The van der Waals surface area contributed by atoms with Crippen molar-refractivity contribution < 1.29 is 20.1 Å². The minimum absolute atomic E-state index is 0.263. The van der Waals surface area contributed by atoms with Crippen molar-refractivity contribution in [3.05, 3.63) is 60.8 Å². The van der Waals surface area contributed by atoms with Crippen LogP contribution in [0.1, 0.15) is 58.3 Å². The van der Waals surface area contributed by atoms with Crippen molar-refractivity contribution in [1.29, 1.82) is 0 Å². The van der Waals surface area contributed by atoms with Crippen LogP contribution in [-0.2, 0) is 4.79 Å². The molecule has 0 saturated carbocycles. The minimum Gasteiger partial charge on any atom is -0.481 e. The van der Waals surface area contributed by atoms with Crippen LogP contribution in [0.25, 0.3) is 0 Å². The summed E-state index contributed by atoms with van der Waals surface area (Å²) < 4.78 is 0. The lowest BCUT2D eigenvalue weighted by atomic mass is 10.1. The van der Waals surface area contributed by atoms with Crippen molar-refractivity contribution in [2.45, 2.75) is 70.5 Å². The third kappa shape index (κ3) is 16.9. The molecule has 146 valence electrons. The Kier molecular flexibility index (Phi) is 16.6. The lowest BCUT2D eigenvalue weighted by Crippen LogP contribution is -2.22. The van der Waals surface area contributed by atoms with E-state index in [2.05, 4.69) is 12.2 Å². The monoisotopic (exact) mass is 362 g/mol. The Hall–Kier alpha value is -1.91. The Labute approximate surface area is 157 Å². The van der Waals surface area contributed by atoms with Gasteiger partial charge >= 0.3 is 5.97 Å². The third-order valence-corrected chi connectivity index (χ3v) is 3.65. The molecular formula is C22H34O4. The molecule has 0 aliphatic carbocycles. The highest BCUT2D eigenvalue weighted by Gasteiger charge is 2.10. The number of carbonyl (C=O) groups is 1. The highest BCUT2D eigenvalue weighted by Crippen LogP contribution is 2.04. The first-order chi connectivity index (χ1) is 12.6. The SMILES string of the molecule is CCC=CCC(O)C(O)C=CC=CC=CCC=CCCCCCC(=O)O. The van der Waals surface area contributed by atoms with Crippen LogP contribution in [0.2, 0.25) is 0 Å². The molecule has 3 N–H and O–H groups in total. The summed E-state index contributed by atoms with van der Waals surface area (Å²) in [6.07, 6.45) is 23.7. The molecule has 4 nitrogen and oxygen atoms in total. The lowest BCUT2D eigenvalue weighted by Gasteiger charge is -2.11. The van der Waals surface area contributed by atoms with E-state index >= 15 is 0 Å². The Morgan fingerprint density at radius 2 is 1.65 bits per heavy atom. The first-order valence-electron chi connectivity index (χ1n) is 9.45. The molecule has 4 heteroatoms. The van der Waals surface area contributed by atoms with E-state index in [1.165, 1.54) is 0 Å². The number of allylic oxidation sites excluding steroid dienone is 8. The van der Waals surface area contributed by atoms with Crippen molar-refractivity contribution >= 4 is 5.97 Å². The molecule has 0 bridgehead atoms. The average Bonchev–Trinajstić information content (AvgIpc) is 2.61. The number of unbranched alkanes of at least 4 members (excludes halogenated alkanes) is 3. The Morgan fingerprint density at radius 1 is 0.885 bits per heavy atom. The quantitative estimate of drug-likeness (QED) is 0.224. The molecule has 26 heavy (non-hydrogen) atoms. The van der Waals surface area contributed by atoms with Gasteiger partial charge in [-0.3, -0.25) is 4.79 Å². The average molecular weight is 363 g/mol. The zero-order valence-corrected chi connectivity index (χ0v) is 15.8. The first-order valence-corrected chi connectivity index (χ1v) is 9.45. The molecule has 0 saturated heterocycles. The number of hydrogen-bond acceptors (Lipinski definition) is 3. The van der Waals surface area contributed by atoms with Gasteiger partial charge in [-0.25, -0.2) is 0 Å². The number of carboxylic acids is 1. The topological polar surface area (TPSA) is 77.8 Å². The van der Waals surface area contributed by atoms with Crippen molar-refractivity contribution in [2.75, 3.05) is 0 Å². The van der Waals surface area contributed by atoms with E-state index in [0.29, 0.717) is 6.42 Å². The van der Waals surface area contributed by atoms with Crippen LogP contribution in [0.5, 0.6) is 0 Å². The van der Waals surface area contributed by atoms with Crippen LogP contribution in [0, 0.1) is 0 Å². The maximum atomic E-state index is 10.4. The van der Waals surface area contributed by atoms with Gasteiger partial charge in [0.05, 0.1) is 12.2 Å². The molecule has 0 aromatic carbocycles. The van der Waals surface area contributed by atoms with Gasteiger partial charge in [0.25, 0.3) is 0 Å². The van der Waals surface area contributed by atoms with E-state index in [9.17, 15) is 15.0 Å². The molecule has 0 aliphatic rings. The number of aliphatic hydroxyl groups excluding tert-OH is 2. The van der Waals surface area contributed by atoms with Gasteiger partial charge in [0, 0.05) is 6.42 Å². The molecule has 2 atom stereocenters. The highest BCUT2D eigenvalue weighted by molar-refractivity contribution is 5.66. The Balaban J connectivity index is 3.75. The van der Waals surface area contributed by atoms with E-state index in [1.807, 2.05) is 43.4 Å². The first kappa shape index (κ1) is 24.1. The van der Waals surface area contributed by atoms with Crippen molar-refractivity contribution in [3.63, 3.8) is 0 Å². The molecular weight excluding hydrogens is 328 g/mol. The zero-order valence-electron chi connectivity index (χ0n) is 15.8. The van der Waals surface area contributed by atoms with Crippen molar-refractivity contribution in [3.8, 4) is 0 Å². The Morgan fingerprint density at radius 3 is 2.38 bits per heavy atom. The summed E-state index contributed by atoms with van der Waals surface area (Å²) in [6.45, 7) is 2.03. The van der Waals surface area contributed by atoms with E-state index in [1.54, 1.807) is 12.2 Å². The van der Waals surface area contributed by atoms with Gasteiger partial charge < -0.3 is 15.3 Å². The lowest BCUT2D eigenvalue weighted by molar-refractivity contribution is -0.137. The van der Waals surface area contributed by atoms with Gasteiger partial charge in [-0.15, -0.1) is 0 Å². The maximum absolute atomic E-state index is 10.4.